The normalized spacial score (nSPS) is 14.4. The van der Waals surface area contributed by atoms with Gasteiger partial charge in [0.15, 0.2) is 0 Å². The Bertz CT molecular complexity index is 706. The molecule has 1 aliphatic heterocycles. The molecule has 2 heterocycles. The summed E-state index contributed by atoms with van der Waals surface area (Å²) < 4.78 is 5.37. The van der Waals surface area contributed by atoms with Gasteiger partial charge in [0.1, 0.15) is 5.82 Å². The minimum atomic E-state index is -0.0914. The van der Waals surface area contributed by atoms with E-state index in [0.29, 0.717) is 25.3 Å². The van der Waals surface area contributed by atoms with Gasteiger partial charge in [-0.25, -0.2) is 4.98 Å². The summed E-state index contributed by atoms with van der Waals surface area (Å²) in [6.45, 7) is 3.42. The van der Waals surface area contributed by atoms with Crippen molar-refractivity contribution >= 4 is 35.1 Å². The van der Waals surface area contributed by atoms with Crippen molar-refractivity contribution in [2.24, 2.45) is 0 Å². The van der Waals surface area contributed by atoms with E-state index in [1.165, 1.54) is 0 Å². The van der Waals surface area contributed by atoms with Gasteiger partial charge in [-0.2, -0.15) is 0 Å². The Morgan fingerprint density at radius 2 is 2.00 bits per heavy atom. The monoisotopic (exact) mass is 377 g/mol. The number of nitrogens with one attached hydrogen (secondary N) is 1. The van der Waals surface area contributed by atoms with Crippen molar-refractivity contribution in [1.29, 1.82) is 0 Å². The summed E-state index contributed by atoms with van der Waals surface area (Å²) in [5, 5.41) is 3.70. The van der Waals surface area contributed by atoms with Crippen molar-refractivity contribution in [3.63, 3.8) is 0 Å². The molecule has 3 rings (SSSR count). The van der Waals surface area contributed by atoms with Crippen LogP contribution in [0.2, 0.25) is 5.02 Å². The molecule has 7 heteroatoms. The summed E-state index contributed by atoms with van der Waals surface area (Å²) in [6.07, 6.45) is 1.72. The molecule has 0 spiro atoms. The summed E-state index contributed by atoms with van der Waals surface area (Å²) in [5.41, 5.74) is 0.612. The first-order valence-electron chi connectivity index (χ1n) is 8.18. The maximum Gasteiger partial charge on any atom is 0.255 e. The van der Waals surface area contributed by atoms with E-state index in [9.17, 15) is 4.79 Å². The summed E-state index contributed by atoms with van der Waals surface area (Å²) in [5.74, 6) is 1.43. The number of morpholine rings is 1. The van der Waals surface area contributed by atoms with Crippen molar-refractivity contribution in [1.82, 2.24) is 10.3 Å². The molecule has 1 aromatic carbocycles. The molecule has 0 bridgehead atoms. The van der Waals surface area contributed by atoms with E-state index in [2.05, 4.69) is 15.2 Å². The summed E-state index contributed by atoms with van der Waals surface area (Å²) >= 11 is 7.56. The number of aromatic nitrogens is 1. The van der Waals surface area contributed by atoms with E-state index in [0.717, 1.165) is 34.6 Å². The maximum atomic E-state index is 12.5. The molecule has 0 saturated carbocycles. The molecule has 1 amide bonds. The van der Waals surface area contributed by atoms with Gasteiger partial charge < -0.3 is 15.0 Å². The van der Waals surface area contributed by atoms with Crippen molar-refractivity contribution in [3.8, 4) is 0 Å². The van der Waals surface area contributed by atoms with E-state index in [1.54, 1.807) is 24.0 Å². The van der Waals surface area contributed by atoms with Crippen molar-refractivity contribution in [2.75, 3.05) is 43.5 Å². The number of pyridine rings is 1. The van der Waals surface area contributed by atoms with E-state index < -0.39 is 0 Å². The van der Waals surface area contributed by atoms with Gasteiger partial charge in [-0.15, -0.1) is 11.8 Å². The van der Waals surface area contributed by atoms with Gasteiger partial charge in [-0.1, -0.05) is 11.6 Å². The van der Waals surface area contributed by atoms with Crippen molar-refractivity contribution in [3.05, 3.63) is 53.2 Å². The van der Waals surface area contributed by atoms with Gasteiger partial charge >= 0.3 is 0 Å². The number of ether oxygens (including phenoxy) is 1. The van der Waals surface area contributed by atoms with Crippen LogP contribution < -0.4 is 10.2 Å². The average Bonchev–Trinajstić information content (AvgIpc) is 2.67. The number of halogens is 1. The Hall–Kier alpha value is -1.76. The third kappa shape index (κ3) is 5.11. The summed E-state index contributed by atoms with van der Waals surface area (Å²) in [6, 6.07) is 11.3. The Balaban J connectivity index is 1.53. The third-order valence-corrected chi connectivity index (χ3v) is 5.08. The van der Waals surface area contributed by atoms with Crippen LogP contribution in [0.25, 0.3) is 0 Å². The number of rotatable bonds is 6. The zero-order valence-corrected chi connectivity index (χ0v) is 15.4. The number of carbonyl (C=O) groups excluding carboxylic acids is 1. The molecule has 1 aliphatic rings. The molecule has 0 unspecified atom stereocenters. The third-order valence-electron chi connectivity index (χ3n) is 3.81. The predicted octanol–water partition coefficient (Wildman–Crippen LogP) is 3.09. The minimum absolute atomic E-state index is 0.0914. The molecule has 0 radical (unpaired) electrons. The van der Waals surface area contributed by atoms with E-state index in [-0.39, 0.29) is 5.91 Å². The molecular weight excluding hydrogens is 358 g/mol. The molecule has 1 saturated heterocycles. The van der Waals surface area contributed by atoms with Crippen LogP contribution in [-0.2, 0) is 4.74 Å². The fourth-order valence-electron chi connectivity index (χ4n) is 2.56. The van der Waals surface area contributed by atoms with Crippen LogP contribution >= 0.6 is 23.4 Å². The molecule has 1 aromatic heterocycles. The van der Waals surface area contributed by atoms with E-state index in [4.69, 9.17) is 16.3 Å². The molecule has 5 nitrogen and oxygen atoms in total. The lowest BCUT2D eigenvalue weighted by Gasteiger charge is -2.29. The maximum absolute atomic E-state index is 12.5. The number of hydrogen-bond acceptors (Lipinski definition) is 5. The van der Waals surface area contributed by atoms with Crippen LogP contribution in [0, 0.1) is 0 Å². The second kappa shape index (κ2) is 9.08. The zero-order valence-electron chi connectivity index (χ0n) is 13.8. The van der Waals surface area contributed by atoms with Gasteiger partial charge in [0, 0.05) is 41.5 Å². The van der Waals surface area contributed by atoms with E-state index >= 15 is 0 Å². The highest BCUT2D eigenvalue weighted by Gasteiger charge is 2.19. The van der Waals surface area contributed by atoms with E-state index in [1.807, 2.05) is 30.3 Å². The first-order chi connectivity index (χ1) is 12.2. The average molecular weight is 378 g/mol. The number of nitrogens with zero attached hydrogens (tertiary/aromatic N) is 2. The van der Waals surface area contributed by atoms with Crippen LogP contribution in [0.3, 0.4) is 0 Å². The first kappa shape index (κ1) is 18.0. The molecular formula is C18H20ClN3O2S. The molecule has 0 atom stereocenters. The Morgan fingerprint density at radius 1 is 1.24 bits per heavy atom. The van der Waals surface area contributed by atoms with Gasteiger partial charge in [-0.3, -0.25) is 4.79 Å². The molecule has 0 aliphatic carbocycles. The molecule has 25 heavy (non-hydrogen) atoms. The van der Waals surface area contributed by atoms with Crippen LogP contribution in [0.5, 0.6) is 0 Å². The lowest BCUT2D eigenvalue weighted by molar-refractivity contribution is 0.0954. The number of thioether (sulfide) groups is 1. The largest absolute Gasteiger partial charge is 0.378 e. The number of benzene rings is 1. The van der Waals surface area contributed by atoms with Gasteiger partial charge in [0.25, 0.3) is 5.91 Å². The number of anilines is 1. The van der Waals surface area contributed by atoms with Crippen LogP contribution in [0.15, 0.2) is 47.5 Å². The van der Waals surface area contributed by atoms with Gasteiger partial charge in [0.2, 0.25) is 0 Å². The number of hydrogen-bond donors (Lipinski definition) is 1. The van der Waals surface area contributed by atoms with Gasteiger partial charge in [-0.05, 0) is 36.4 Å². The molecule has 132 valence electrons. The second-order valence-corrected chi connectivity index (χ2v) is 7.14. The standard InChI is InChI=1S/C18H20ClN3O2S/c19-14-3-5-15(6-4-14)25-13-8-21-18(23)16-2-1-7-20-17(16)22-9-11-24-12-10-22/h1-7H,8-13H2,(H,21,23). The van der Waals surface area contributed by atoms with Crippen molar-refractivity contribution < 1.29 is 9.53 Å². The second-order valence-electron chi connectivity index (χ2n) is 5.53. The lowest BCUT2D eigenvalue weighted by atomic mass is 10.2. The topological polar surface area (TPSA) is 54.5 Å². The quantitative estimate of drug-likeness (QED) is 0.619. The zero-order chi connectivity index (χ0) is 17.5. The number of amides is 1. The fourth-order valence-corrected chi connectivity index (χ4v) is 3.46. The molecule has 1 fully saturated rings. The SMILES string of the molecule is O=C(NCCSc1ccc(Cl)cc1)c1cccnc1N1CCOCC1. The minimum Gasteiger partial charge on any atom is -0.378 e. The summed E-state index contributed by atoms with van der Waals surface area (Å²) in [7, 11) is 0. The Labute approximate surface area is 156 Å². The molecule has 2 aromatic rings. The van der Waals surface area contributed by atoms with Gasteiger partial charge in [0.05, 0.1) is 18.8 Å². The molecule has 1 N–H and O–H groups in total. The number of carbonyl (C=O) groups is 1. The Kier molecular flexibility index (Phi) is 6.55. The van der Waals surface area contributed by atoms with Crippen LogP contribution in [0.4, 0.5) is 5.82 Å². The lowest BCUT2D eigenvalue weighted by Crippen LogP contribution is -2.38. The summed E-state index contributed by atoms with van der Waals surface area (Å²) in [4.78, 5) is 20.2. The highest BCUT2D eigenvalue weighted by atomic mass is 35.5. The van der Waals surface area contributed by atoms with Crippen LogP contribution in [0.1, 0.15) is 10.4 Å². The van der Waals surface area contributed by atoms with Crippen LogP contribution in [-0.4, -0.2) is 49.5 Å². The fraction of sp³-hybridized carbons (Fsp3) is 0.333. The highest BCUT2D eigenvalue weighted by Crippen LogP contribution is 2.20. The Morgan fingerprint density at radius 3 is 2.76 bits per heavy atom. The van der Waals surface area contributed by atoms with Crippen molar-refractivity contribution in [2.45, 2.75) is 4.90 Å². The highest BCUT2D eigenvalue weighted by molar-refractivity contribution is 7.99. The smallest absolute Gasteiger partial charge is 0.255 e. The predicted molar refractivity (Wildman–Crippen MR) is 102 cm³/mol. The first-order valence-corrected chi connectivity index (χ1v) is 9.54.